The van der Waals surface area contributed by atoms with Crippen molar-refractivity contribution in [1.29, 1.82) is 0 Å². The smallest absolute Gasteiger partial charge is 0.229 e. The van der Waals surface area contributed by atoms with E-state index in [-0.39, 0.29) is 11.8 Å². The molecule has 2 aliphatic heterocycles. The first-order valence-electron chi connectivity index (χ1n) is 7.64. The summed E-state index contributed by atoms with van der Waals surface area (Å²) >= 11 is 2.01. The number of rotatable bonds is 3. The topological polar surface area (TPSA) is 41.6 Å². The summed E-state index contributed by atoms with van der Waals surface area (Å²) in [6.45, 7) is 3.55. The second-order valence-electron chi connectivity index (χ2n) is 5.55. The number of nitrogens with one attached hydrogen (secondary N) is 1. The van der Waals surface area contributed by atoms with Crippen LogP contribution in [0.5, 0.6) is 0 Å². The van der Waals surface area contributed by atoms with Crippen LogP contribution in [0.15, 0.2) is 24.3 Å². The maximum Gasteiger partial charge on any atom is 0.229 e. The highest BCUT2D eigenvalue weighted by atomic mass is 32.2. The van der Waals surface area contributed by atoms with Gasteiger partial charge in [-0.25, -0.2) is 0 Å². The molecule has 2 aliphatic rings. The monoisotopic (exact) mass is 306 g/mol. The minimum atomic E-state index is -0.00227. The van der Waals surface area contributed by atoms with E-state index in [2.05, 4.69) is 22.3 Å². The van der Waals surface area contributed by atoms with Crippen molar-refractivity contribution in [3.63, 3.8) is 0 Å². The molecule has 0 radical (unpaired) electrons. The van der Waals surface area contributed by atoms with Crippen LogP contribution in [0.2, 0.25) is 0 Å². The summed E-state index contributed by atoms with van der Waals surface area (Å²) < 4.78 is 5.37. The number of carbonyl (C=O) groups excluding carboxylic acids is 1. The summed E-state index contributed by atoms with van der Waals surface area (Å²) in [4.78, 5) is 14.5. The minimum Gasteiger partial charge on any atom is -0.381 e. The van der Waals surface area contributed by atoms with E-state index < -0.39 is 0 Å². The van der Waals surface area contributed by atoms with Gasteiger partial charge >= 0.3 is 0 Å². The molecule has 2 saturated heterocycles. The lowest BCUT2D eigenvalue weighted by molar-refractivity contribution is -0.123. The number of hydrogen-bond donors (Lipinski definition) is 1. The molecule has 2 fully saturated rings. The van der Waals surface area contributed by atoms with Crippen molar-refractivity contribution in [2.45, 2.75) is 12.8 Å². The second kappa shape index (κ2) is 7.18. The van der Waals surface area contributed by atoms with Crippen LogP contribution >= 0.6 is 11.8 Å². The Balaban J connectivity index is 1.57. The van der Waals surface area contributed by atoms with Crippen molar-refractivity contribution in [2.24, 2.45) is 5.92 Å². The minimum absolute atomic E-state index is 0.00227. The zero-order valence-corrected chi connectivity index (χ0v) is 13.0. The highest BCUT2D eigenvalue weighted by Crippen LogP contribution is 2.22. The Labute approximate surface area is 130 Å². The lowest BCUT2D eigenvalue weighted by Gasteiger charge is -2.28. The van der Waals surface area contributed by atoms with Gasteiger partial charge in [0.1, 0.15) is 0 Å². The van der Waals surface area contributed by atoms with Crippen LogP contribution in [-0.4, -0.2) is 43.7 Å². The number of benzene rings is 1. The van der Waals surface area contributed by atoms with E-state index in [1.807, 2.05) is 23.9 Å². The van der Waals surface area contributed by atoms with Gasteiger partial charge in [-0.3, -0.25) is 4.79 Å². The van der Waals surface area contributed by atoms with E-state index in [1.54, 1.807) is 0 Å². The van der Waals surface area contributed by atoms with Gasteiger partial charge in [-0.2, -0.15) is 11.8 Å². The van der Waals surface area contributed by atoms with Gasteiger partial charge in [0.05, 0.1) is 12.5 Å². The average Bonchev–Trinajstić information content (AvgIpc) is 2.57. The molecule has 114 valence electrons. The van der Waals surface area contributed by atoms with Crippen molar-refractivity contribution in [1.82, 2.24) is 0 Å². The molecule has 0 saturated carbocycles. The van der Waals surface area contributed by atoms with Crippen molar-refractivity contribution in [3.05, 3.63) is 24.3 Å². The van der Waals surface area contributed by atoms with E-state index in [9.17, 15) is 4.79 Å². The summed E-state index contributed by atoms with van der Waals surface area (Å²) in [5.41, 5.74) is 2.12. The SMILES string of the molecule is O=C(Nc1ccc(N2CCSCC2)cc1)[C@@H]1CCCOC1. The van der Waals surface area contributed by atoms with Gasteiger partial charge in [0.15, 0.2) is 0 Å². The summed E-state index contributed by atoms with van der Waals surface area (Å²) in [6.07, 6.45) is 1.90. The summed E-state index contributed by atoms with van der Waals surface area (Å²) in [7, 11) is 0. The highest BCUT2D eigenvalue weighted by molar-refractivity contribution is 7.99. The molecule has 1 atom stereocenters. The highest BCUT2D eigenvalue weighted by Gasteiger charge is 2.21. The Hall–Kier alpha value is -1.20. The lowest BCUT2D eigenvalue weighted by Crippen LogP contribution is -2.32. The molecular weight excluding hydrogens is 284 g/mol. The Morgan fingerprint density at radius 1 is 1.24 bits per heavy atom. The number of thioether (sulfide) groups is 1. The van der Waals surface area contributed by atoms with E-state index in [0.717, 1.165) is 38.2 Å². The molecule has 0 bridgehead atoms. The van der Waals surface area contributed by atoms with Crippen LogP contribution in [0.25, 0.3) is 0 Å². The predicted molar refractivity (Wildman–Crippen MR) is 88.2 cm³/mol. The van der Waals surface area contributed by atoms with E-state index >= 15 is 0 Å². The molecule has 1 aromatic carbocycles. The second-order valence-corrected chi connectivity index (χ2v) is 6.77. The van der Waals surface area contributed by atoms with Gasteiger partial charge < -0.3 is 15.0 Å². The zero-order chi connectivity index (χ0) is 14.5. The number of anilines is 2. The van der Waals surface area contributed by atoms with Crippen molar-refractivity contribution >= 4 is 29.0 Å². The number of nitrogens with zero attached hydrogens (tertiary/aromatic N) is 1. The number of hydrogen-bond acceptors (Lipinski definition) is 4. The third-order valence-electron chi connectivity index (χ3n) is 4.04. The maximum absolute atomic E-state index is 12.1. The Morgan fingerprint density at radius 2 is 2.00 bits per heavy atom. The van der Waals surface area contributed by atoms with Crippen LogP contribution < -0.4 is 10.2 Å². The molecule has 4 nitrogen and oxygen atoms in total. The number of amides is 1. The zero-order valence-electron chi connectivity index (χ0n) is 12.2. The molecule has 1 amide bonds. The van der Waals surface area contributed by atoms with Crippen molar-refractivity contribution in [2.75, 3.05) is 48.0 Å². The van der Waals surface area contributed by atoms with Gasteiger partial charge in [-0.15, -0.1) is 0 Å². The maximum atomic E-state index is 12.1. The summed E-state index contributed by atoms with van der Waals surface area (Å²) in [5.74, 6) is 2.47. The van der Waals surface area contributed by atoms with Gasteiger partial charge in [0, 0.05) is 42.6 Å². The number of ether oxygens (including phenoxy) is 1. The van der Waals surface area contributed by atoms with Gasteiger partial charge in [0.2, 0.25) is 5.91 Å². The first-order chi connectivity index (χ1) is 10.3. The Kier molecular flexibility index (Phi) is 5.04. The fraction of sp³-hybridized carbons (Fsp3) is 0.562. The normalized spacial score (nSPS) is 22.9. The standard InChI is InChI=1S/C16H22N2O2S/c19-16(13-2-1-9-20-12-13)17-14-3-5-15(6-4-14)18-7-10-21-11-8-18/h3-6,13H,1-2,7-12H2,(H,17,19)/t13-/m1/s1. The summed E-state index contributed by atoms with van der Waals surface area (Å²) in [6, 6.07) is 8.20. The molecule has 0 spiro atoms. The molecular formula is C16H22N2O2S. The summed E-state index contributed by atoms with van der Waals surface area (Å²) in [5, 5.41) is 3.00. The molecule has 0 unspecified atom stereocenters. The van der Waals surface area contributed by atoms with Gasteiger partial charge in [-0.1, -0.05) is 0 Å². The molecule has 1 N–H and O–H groups in total. The van der Waals surface area contributed by atoms with Crippen LogP contribution in [0.3, 0.4) is 0 Å². The molecule has 5 heteroatoms. The van der Waals surface area contributed by atoms with Crippen LogP contribution in [0, 0.1) is 5.92 Å². The lowest BCUT2D eigenvalue weighted by atomic mass is 10.0. The van der Waals surface area contributed by atoms with Crippen molar-refractivity contribution in [3.8, 4) is 0 Å². The molecule has 2 heterocycles. The predicted octanol–water partition coefficient (Wildman–Crippen LogP) is 2.60. The average molecular weight is 306 g/mol. The van der Waals surface area contributed by atoms with Crippen molar-refractivity contribution < 1.29 is 9.53 Å². The third-order valence-corrected chi connectivity index (χ3v) is 4.98. The van der Waals surface area contributed by atoms with E-state index in [1.165, 1.54) is 17.2 Å². The van der Waals surface area contributed by atoms with Gasteiger partial charge in [-0.05, 0) is 37.1 Å². The first-order valence-corrected chi connectivity index (χ1v) is 8.80. The molecule has 0 aromatic heterocycles. The Bertz CT molecular complexity index is 466. The van der Waals surface area contributed by atoms with Crippen LogP contribution in [0.1, 0.15) is 12.8 Å². The third kappa shape index (κ3) is 3.92. The fourth-order valence-corrected chi connectivity index (χ4v) is 3.67. The Morgan fingerprint density at radius 3 is 2.67 bits per heavy atom. The fourth-order valence-electron chi connectivity index (χ4n) is 2.77. The molecule has 3 rings (SSSR count). The van der Waals surface area contributed by atoms with Crippen LogP contribution in [-0.2, 0) is 9.53 Å². The van der Waals surface area contributed by atoms with E-state index in [4.69, 9.17) is 4.74 Å². The largest absolute Gasteiger partial charge is 0.381 e. The molecule has 1 aromatic rings. The van der Waals surface area contributed by atoms with Crippen LogP contribution in [0.4, 0.5) is 11.4 Å². The van der Waals surface area contributed by atoms with Gasteiger partial charge in [0.25, 0.3) is 0 Å². The molecule has 21 heavy (non-hydrogen) atoms. The van der Waals surface area contributed by atoms with E-state index in [0.29, 0.717) is 6.61 Å². The molecule has 0 aliphatic carbocycles. The first kappa shape index (κ1) is 14.7. The number of carbonyl (C=O) groups is 1. The quantitative estimate of drug-likeness (QED) is 0.932.